The van der Waals surface area contributed by atoms with E-state index in [2.05, 4.69) is 15.3 Å². The molecule has 6 nitrogen and oxygen atoms in total. The van der Waals surface area contributed by atoms with Crippen LogP contribution >= 0.6 is 0 Å². The van der Waals surface area contributed by atoms with E-state index in [1.165, 1.54) is 0 Å². The molecule has 0 saturated carbocycles. The second kappa shape index (κ2) is 4.58. The normalized spacial score (nSPS) is 10.6. The average Bonchev–Trinajstić information content (AvgIpc) is 2.79. The molecule has 0 atom stereocenters. The molecule has 0 spiro atoms. The van der Waals surface area contributed by atoms with Crippen molar-refractivity contribution < 1.29 is 4.79 Å². The number of fused-ring (bicyclic) bond motifs is 1. The van der Waals surface area contributed by atoms with Crippen LogP contribution < -0.4 is 16.8 Å². The molecule has 0 aliphatic heterocycles. The van der Waals surface area contributed by atoms with Crippen LogP contribution in [0.3, 0.4) is 0 Å². The van der Waals surface area contributed by atoms with Crippen molar-refractivity contribution in [2.24, 2.45) is 0 Å². The van der Waals surface area contributed by atoms with Gasteiger partial charge < -0.3 is 16.5 Å². The predicted octanol–water partition coefficient (Wildman–Crippen LogP) is 1.98. The number of nitrogens with two attached hydrogens (primary N) is 2. The number of benzene rings is 2. The molecule has 3 rings (SSSR count). The molecule has 0 unspecified atom stereocenters. The Bertz CT molecular complexity index is 740. The number of imidazole rings is 1. The maximum absolute atomic E-state index is 12.1. The van der Waals surface area contributed by atoms with Gasteiger partial charge in [-0.15, -0.1) is 0 Å². The lowest BCUT2D eigenvalue weighted by atomic mass is 10.1. The smallest absolute Gasteiger partial charge is 0.258 e. The molecule has 2 aromatic carbocycles. The van der Waals surface area contributed by atoms with E-state index in [-0.39, 0.29) is 5.91 Å². The lowest BCUT2D eigenvalue weighted by Gasteiger charge is -2.04. The largest absolute Gasteiger partial charge is 0.399 e. The molecular weight excluding hydrogens is 254 g/mol. The maximum atomic E-state index is 12.1. The van der Waals surface area contributed by atoms with Crippen molar-refractivity contribution in [3.8, 4) is 0 Å². The monoisotopic (exact) mass is 267 g/mol. The van der Waals surface area contributed by atoms with Crippen molar-refractivity contribution >= 4 is 34.3 Å². The Balaban J connectivity index is 1.88. The summed E-state index contributed by atoms with van der Waals surface area (Å²) in [6, 6.07) is 12.2. The summed E-state index contributed by atoms with van der Waals surface area (Å²) in [4.78, 5) is 19.4. The third-order valence-electron chi connectivity index (χ3n) is 2.86. The Hall–Kier alpha value is -3.02. The Morgan fingerprint density at radius 1 is 1.10 bits per heavy atom. The molecule has 3 aromatic rings. The van der Waals surface area contributed by atoms with Crippen LogP contribution in [0.2, 0.25) is 0 Å². The Morgan fingerprint density at radius 3 is 2.50 bits per heavy atom. The van der Waals surface area contributed by atoms with E-state index in [4.69, 9.17) is 11.5 Å². The number of carbonyl (C=O) groups is 1. The van der Waals surface area contributed by atoms with Crippen molar-refractivity contribution in [3.05, 3.63) is 48.0 Å². The van der Waals surface area contributed by atoms with E-state index >= 15 is 0 Å². The van der Waals surface area contributed by atoms with Gasteiger partial charge in [0.05, 0.1) is 11.0 Å². The first-order valence-electron chi connectivity index (χ1n) is 6.04. The third-order valence-corrected chi connectivity index (χ3v) is 2.86. The van der Waals surface area contributed by atoms with Gasteiger partial charge in [0.25, 0.3) is 5.91 Å². The first kappa shape index (κ1) is 12.0. The lowest BCUT2D eigenvalue weighted by Crippen LogP contribution is -2.13. The molecule has 6 N–H and O–H groups in total. The highest BCUT2D eigenvalue weighted by Crippen LogP contribution is 2.17. The van der Waals surface area contributed by atoms with Gasteiger partial charge in [-0.1, -0.05) is 12.1 Å². The molecule has 1 amide bonds. The van der Waals surface area contributed by atoms with Gasteiger partial charge in [-0.05, 0) is 30.3 Å². The van der Waals surface area contributed by atoms with E-state index < -0.39 is 0 Å². The van der Waals surface area contributed by atoms with E-state index in [1.807, 2.05) is 24.3 Å². The van der Waals surface area contributed by atoms with E-state index in [0.29, 0.717) is 22.9 Å². The minimum atomic E-state index is -0.317. The van der Waals surface area contributed by atoms with Crippen LogP contribution in [0.25, 0.3) is 11.0 Å². The highest BCUT2D eigenvalue weighted by molar-refractivity contribution is 6.05. The summed E-state index contributed by atoms with van der Waals surface area (Å²) in [6.07, 6.45) is 0. The van der Waals surface area contributed by atoms with Crippen molar-refractivity contribution in [3.63, 3.8) is 0 Å². The molecule has 0 aliphatic rings. The molecule has 6 heteroatoms. The van der Waals surface area contributed by atoms with E-state index in [0.717, 1.165) is 11.0 Å². The number of para-hydroxylation sites is 2. The molecule has 1 heterocycles. The first-order chi connectivity index (χ1) is 9.61. The van der Waals surface area contributed by atoms with E-state index in [1.54, 1.807) is 18.2 Å². The number of nitrogen functional groups attached to an aromatic ring is 2. The van der Waals surface area contributed by atoms with Crippen LogP contribution in [0.15, 0.2) is 42.5 Å². The zero-order chi connectivity index (χ0) is 14.1. The minimum absolute atomic E-state index is 0.317. The Kier molecular flexibility index (Phi) is 2.76. The van der Waals surface area contributed by atoms with Gasteiger partial charge in [0, 0.05) is 16.9 Å². The number of anilines is 3. The highest BCUT2D eigenvalue weighted by atomic mass is 16.1. The summed E-state index contributed by atoms with van der Waals surface area (Å²) in [5, 5.41) is 2.69. The number of hydrogen-bond donors (Lipinski definition) is 4. The summed E-state index contributed by atoms with van der Waals surface area (Å²) in [5.74, 6) is 0.0697. The minimum Gasteiger partial charge on any atom is -0.399 e. The zero-order valence-electron chi connectivity index (χ0n) is 10.6. The number of aromatic nitrogens is 2. The van der Waals surface area contributed by atoms with Crippen LogP contribution in [-0.4, -0.2) is 15.9 Å². The first-order valence-corrected chi connectivity index (χ1v) is 6.04. The zero-order valence-corrected chi connectivity index (χ0v) is 10.6. The van der Waals surface area contributed by atoms with Crippen molar-refractivity contribution in [1.29, 1.82) is 0 Å². The predicted molar refractivity (Wildman–Crippen MR) is 79.3 cm³/mol. The third kappa shape index (κ3) is 2.26. The number of amides is 1. The number of nitrogens with zero attached hydrogens (tertiary/aromatic N) is 1. The molecule has 1 aromatic heterocycles. The van der Waals surface area contributed by atoms with Gasteiger partial charge in [-0.3, -0.25) is 10.1 Å². The SMILES string of the molecule is Nc1cc(N)cc(C(=O)Nc2nc3ccccc3[nH]2)c1. The maximum Gasteiger partial charge on any atom is 0.258 e. The quantitative estimate of drug-likeness (QED) is 0.532. The van der Waals surface area contributed by atoms with Crippen LogP contribution in [0.1, 0.15) is 10.4 Å². The van der Waals surface area contributed by atoms with Crippen molar-refractivity contribution in [2.45, 2.75) is 0 Å². The molecule has 0 bridgehead atoms. The fourth-order valence-electron chi connectivity index (χ4n) is 2.00. The van der Waals surface area contributed by atoms with Crippen LogP contribution in [-0.2, 0) is 0 Å². The number of nitrogens with one attached hydrogen (secondary N) is 2. The van der Waals surface area contributed by atoms with Crippen LogP contribution in [0.5, 0.6) is 0 Å². The average molecular weight is 267 g/mol. The number of aromatic amines is 1. The van der Waals surface area contributed by atoms with Gasteiger partial charge in [0.15, 0.2) is 0 Å². The number of rotatable bonds is 2. The summed E-state index contributed by atoms with van der Waals surface area (Å²) in [7, 11) is 0. The number of hydrogen-bond acceptors (Lipinski definition) is 4. The van der Waals surface area contributed by atoms with Crippen molar-refractivity contribution in [1.82, 2.24) is 9.97 Å². The number of H-pyrrole nitrogens is 1. The molecule has 0 aliphatic carbocycles. The van der Waals surface area contributed by atoms with Gasteiger partial charge in [-0.2, -0.15) is 0 Å². The molecule has 0 fully saturated rings. The fraction of sp³-hybridized carbons (Fsp3) is 0. The molecule has 0 radical (unpaired) electrons. The molecule has 20 heavy (non-hydrogen) atoms. The molecular formula is C14H13N5O. The van der Waals surface area contributed by atoms with Crippen molar-refractivity contribution in [2.75, 3.05) is 16.8 Å². The number of carbonyl (C=O) groups excluding carboxylic acids is 1. The summed E-state index contributed by atoms with van der Waals surface area (Å²) < 4.78 is 0. The highest BCUT2D eigenvalue weighted by Gasteiger charge is 2.10. The van der Waals surface area contributed by atoms with Gasteiger partial charge in [0.1, 0.15) is 0 Å². The lowest BCUT2D eigenvalue weighted by molar-refractivity contribution is 0.102. The topological polar surface area (TPSA) is 110 Å². The standard InChI is InChI=1S/C14H13N5O/c15-9-5-8(6-10(16)7-9)13(20)19-14-17-11-3-1-2-4-12(11)18-14/h1-7H,15-16H2,(H2,17,18,19,20). The molecule has 0 saturated heterocycles. The van der Waals surface area contributed by atoms with Gasteiger partial charge in [-0.25, -0.2) is 4.98 Å². The van der Waals surface area contributed by atoms with E-state index in [9.17, 15) is 4.79 Å². The Labute approximate surface area is 114 Å². The summed E-state index contributed by atoms with van der Waals surface area (Å²) in [5.41, 5.74) is 14.3. The fourth-order valence-corrected chi connectivity index (χ4v) is 2.00. The second-order valence-corrected chi connectivity index (χ2v) is 4.45. The van der Waals surface area contributed by atoms with Gasteiger partial charge >= 0.3 is 0 Å². The summed E-state index contributed by atoms with van der Waals surface area (Å²) in [6.45, 7) is 0. The molecule has 100 valence electrons. The van der Waals surface area contributed by atoms with Crippen LogP contribution in [0.4, 0.5) is 17.3 Å². The second-order valence-electron chi connectivity index (χ2n) is 4.45. The Morgan fingerprint density at radius 2 is 1.80 bits per heavy atom. The van der Waals surface area contributed by atoms with Gasteiger partial charge in [0.2, 0.25) is 5.95 Å². The van der Waals surface area contributed by atoms with Crippen LogP contribution in [0, 0.1) is 0 Å². The summed E-state index contributed by atoms with van der Waals surface area (Å²) >= 11 is 0.